The minimum Gasteiger partial charge on any atom is -0.492 e. The first kappa shape index (κ1) is 21.3. The summed E-state index contributed by atoms with van der Waals surface area (Å²) in [6.45, 7) is 0.702. The Morgan fingerprint density at radius 1 is 0.788 bits per heavy atom. The summed E-state index contributed by atoms with van der Waals surface area (Å²) in [5, 5.41) is -0.755. The molecule has 4 nitrogen and oxygen atoms in total. The third-order valence-electron chi connectivity index (χ3n) is 5.96. The Bertz CT molecular complexity index is 1320. The largest absolute Gasteiger partial charge is 0.492 e. The van der Waals surface area contributed by atoms with Crippen molar-refractivity contribution in [2.24, 2.45) is 0 Å². The number of benzene rings is 4. The maximum Gasteiger partial charge on any atom is 0.186 e. The van der Waals surface area contributed by atoms with E-state index in [1.54, 1.807) is 30.3 Å². The third-order valence-corrected chi connectivity index (χ3v) is 8.14. The molecule has 0 amide bonds. The molecular weight excluding hydrogens is 432 g/mol. The molecule has 0 saturated heterocycles. The summed E-state index contributed by atoms with van der Waals surface area (Å²) in [7, 11) is -3.66. The van der Waals surface area contributed by atoms with Gasteiger partial charge in [0.05, 0.1) is 11.5 Å². The lowest BCUT2D eigenvalue weighted by Crippen LogP contribution is -2.30. The average Bonchev–Trinajstić information content (AvgIpc) is 2.88. The van der Waals surface area contributed by atoms with E-state index in [-0.39, 0.29) is 12.5 Å². The molecule has 2 atom stereocenters. The molecule has 0 bridgehead atoms. The van der Waals surface area contributed by atoms with E-state index in [2.05, 4.69) is 0 Å². The number of ether oxygens (including phenoxy) is 2. The molecule has 5 heteroatoms. The van der Waals surface area contributed by atoms with Crippen LogP contribution in [0.2, 0.25) is 0 Å². The zero-order valence-electron chi connectivity index (χ0n) is 18.0. The van der Waals surface area contributed by atoms with Gasteiger partial charge >= 0.3 is 0 Å². The van der Waals surface area contributed by atoms with Crippen molar-refractivity contribution >= 4 is 9.84 Å². The number of fused-ring (bicyclic) bond motifs is 1. The second-order valence-corrected chi connectivity index (χ2v) is 10.2. The van der Waals surface area contributed by atoms with E-state index in [4.69, 9.17) is 9.47 Å². The Morgan fingerprint density at radius 3 is 2.12 bits per heavy atom. The van der Waals surface area contributed by atoms with Crippen LogP contribution in [0.1, 0.15) is 27.9 Å². The van der Waals surface area contributed by atoms with Gasteiger partial charge in [0.25, 0.3) is 0 Å². The van der Waals surface area contributed by atoms with E-state index in [1.165, 1.54) is 0 Å². The minimum absolute atomic E-state index is 0.274. The lowest BCUT2D eigenvalue weighted by atomic mass is 9.89. The van der Waals surface area contributed by atoms with Crippen LogP contribution in [-0.4, -0.2) is 15.0 Å². The van der Waals surface area contributed by atoms with Gasteiger partial charge in [0.1, 0.15) is 23.4 Å². The molecule has 33 heavy (non-hydrogen) atoms. The van der Waals surface area contributed by atoms with Gasteiger partial charge in [-0.3, -0.25) is 0 Å². The van der Waals surface area contributed by atoms with Crippen LogP contribution in [0.3, 0.4) is 0 Å². The first-order chi connectivity index (χ1) is 16.1. The van der Waals surface area contributed by atoms with Gasteiger partial charge < -0.3 is 9.47 Å². The molecule has 0 aliphatic carbocycles. The van der Waals surface area contributed by atoms with Gasteiger partial charge in [-0.2, -0.15) is 0 Å². The molecule has 4 aromatic rings. The van der Waals surface area contributed by atoms with E-state index >= 15 is 0 Å². The maximum atomic E-state index is 13.8. The van der Waals surface area contributed by atoms with Gasteiger partial charge in [-0.1, -0.05) is 84.9 Å². The average molecular weight is 457 g/mol. The molecule has 1 aliphatic rings. The highest BCUT2D eigenvalue weighted by atomic mass is 32.2. The quantitative estimate of drug-likeness (QED) is 0.359. The Labute approximate surface area is 194 Å². The number of hydrogen-bond acceptors (Lipinski definition) is 4. The topological polar surface area (TPSA) is 52.6 Å². The van der Waals surface area contributed by atoms with Crippen LogP contribution in [0.15, 0.2) is 114 Å². The summed E-state index contributed by atoms with van der Waals surface area (Å²) in [5.74, 6) is 0.879. The molecule has 0 fully saturated rings. The lowest BCUT2D eigenvalue weighted by molar-refractivity contribution is 0.252. The zero-order valence-corrected chi connectivity index (χ0v) is 18.8. The Balaban J connectivity index is 1.53. The molecule has 4 aromatic carbocycles. The van der Waals surface area contributed by atoms with Crippen LogP contribution in [0.25, 0.3) is 0 Å². The van der Waals surface area contributed by atoms with Gasteiger partial charge in [0, 0.05) is 17.5 Å². The van der Waals surface area contributed by atoms with E-state index in [0.29, 0.717) is 28.6 Å². The molecule has 0 spiro atoms. The first-order valence-electron chi connectivity index (χ1n) is 10.9. The number of rotatable bonds is 6. The first-order valence-corrected chi connectivity index (χ1v) is 12.4. The molecule has 0 saturated carbocycles. The molecule has 0 unspecified atom stereocenters. The number of hydrogen-bond donors (Lipinski definition) is 0. The van der Waals surface area contributed by atoms with Crippen molar-refractivity contribution in [3.05, 3.63) is 126 Å². The maximum absolute atomic E-state index is 13.8. The summed E-state index contributed by atoms with van der Waals surface area (Å²) in [5.41, 5.74) is 2.66. The van der Waals surface area contributed by atoms with E-state index in [9.17, 15) is 8.42 Å². The number of sulfone groups is 1. The van der Waals surface area contributed by atoms with Crippen LogP contribution >= 0.6 is 0 Å². The SMILES string of the molecule is O=S(=O)(c1ccccc1)[C@H]1c2ccc(OCc3ccccc3)cc2OC[C@H]1c1ccccc1. The van der Waals surface area contributed by atoms with Gasteiger partial charge in [-0.15, -0.1) is 0 Å². The fourth-order valence-corrected chi connectivity index (χ4v) is 6.33. The van der Waals surface area contributed by atoms with Crippen LogP contribution in [0.4, 0.5) is 0 Å². The fourth-order valence-electron chi connectivity index (χ4n) is 4.30. The molecule has 5 rings (SSSR count). The van der Waals surface area contributed by atoms with Crippen LogP contribution in [0, 0.1) is 0 Å². The van der Waals surface area contributed by atoms with Crippen LogP contribution < -0.4 is 9.47 Å². The monoisotopic (exact) mass is 456 g/mol. The Kier molecular flexibility index (Phi) is 5.88. The smallest absolute Gasteiger partial charge is 0.186 e. The zero-order chi connectivity index (χ0) is 22.7. The lowest BCUT2D eigenvalue weighted by Gasteiger charge is -2.34. The van der Waals surface area contributed by atoms with Gasteiger partial charge in [-0.25, -0.2) is 8.42 Å². The second kappa shape index (κ2) is 9.12. The summed E-state index contributed by atoms with van der Waals surface area (Å²) in [6.07, 6.45) is 0. The molecular formula is C28H24O4S. The van der Waals surface area contributed by atoms with Crippen LogP contribution in [0.5, 0.6) is 11.5 Å². The van der Waals surface area contributed by atoms with Gasteiger partial charge in [-0.05, 0) is 29.3 Å². The predicted octanol–water partition coefficient (Wildman–Crippen LogP) is 5.96. The second-order valence-electron chi connectivity index (χ2n) is 8.08. The van der Waals surface area contributed by atoms with E-state index in [0.717, 1.165) is 11.1 Å². The molecule has 0 aromatic heterocycles. The predicted molar refractivity (Wildman–Crippen MR) is 128 cm³/mol. The van der Waals surface area contributed by atoms with Crippen LogP contribution in [-0.2, 0) is 16.4 Å². The Hall–Kier alpha value is -3.57. The molecule has 166 valence electrons. The van der Waals surface area contributed by atoms with Crippen molar-refractivity contribution in [3.63, 3.8) is 0 Å². The Morgan fingerprint density at radius 2 is 1.42 bits per heavy atom. The van der Waals surface area contributed by atoms with E-state index in [1.807, 2.05) is 78.9 Å². The van der Waals surface area contributed by atoms with Crippen molar-refractivity contribution in [3.8, 4) is 11.5 Å². The molecule has 0 N–H and O–H groups in total. The highest BCUT2D eigenvalue weighted by Crippen LogP contribution is 2.48. The summed E-state index contributed by atoms with van der Waals surface area (Å²) >= 11 is 0. The minimum atomic E-state index is -3.66. The summed E-state index contributed by atoms with van der Waals surface area (Å²) < 4.78 is 39.7. The highest BCUT2D eigenvalue weighted by Gasteiger charge is 2.42. The summed E-state index contributed by atoms with van der Waals surface area (Å²) in [4.78, 5) is 0.313. The van der Waals surface area contributed by atoms with Crippen molar-refractivity contribution < 1.29 is 17.9 Å². The van der Waals surface area contributed by atoms with Crippen molar-refractivity contribution in [1.29, 1.82) is 0 Å². The van der Waals surface area contributed by atoms with Crippen molar-refractivity contribution in [2.75, 3.05) is 6.61 Å². The highest BCUT2D eigenvalue weighted by molar-refractivity contribution is 7.91. The molecule has 1 aliphatic heterocycles. The third kappa shape index (κ3) is 4.37. The fraction of sp³-hybridized carbons (Fsp3) is 0.143. The van der Waals surface area contributed by atoms with Gasteiger partial charge in [0.2, 0.25) is 0 Å². The summed E-state index contributed by atoms with van der Waals surface area (Å²) in [6, 6.07) is 33.7. The standard InChI is InChI=1S/C28H24O4S/c29-33(30,24-14-8-3-9-15-24)28-25-17-16-23(31-19-21-10-4-1-5-11-21)18-27(25)32-20-26(28)22-12-6-2-7-13-22/h1-18,26,28H,19-20H2/t26-,28-/m0/s1. The van der Waals surface area contributed by atoms with Crippen molar-refractivity contribution in [1.82, 2.24) is 0 Å². The normalized spacial score (nSPS) is 17.6. The van der Waals surface area contributed by atoms with Gasteiger partial charge in [0.15, 0.2) is 9.84 Å². The molecule has 1 heterocycles. The molecule has 0 radical (unpaired) electrons. The van der Waals surface area contributed by atoms with Crippen molar-refractivity contribution in [2.45, 2.75) is 22.7 Å². The van der Waals surface area contributed by atoms with E-state index < -0.39 is 15.1 Å².